The van der Waals surface area contributed by atoms with Gasteiger partial charge in [-0.2, -0.15) is 0 Å². The number of carbonyl (C=O) groups is 4. The highest BCUT2D eigenvalue weighted by molar-refractivity contribution is 6.15. The van der Waals surface area contributed by atoms with Crippen molar-refractivity contribution in [3.63, 3.8) is 0 Å². The number of hydrogen-bond acceptors (Lipinski definition) is 5. The molecular weight excluding hydrogens is 491 g/mol. The SMILES string of the molecule is CNC(=O)Nc1ccc2c(c1)CC(=O)[C@]21OCN(CC(=O)N(Cc2ccc(F)cc2)C2CCCCC2)C1=O. The Hall–Kier alpha value is -3.79. The van der Waals surface area contributed by atoms with Crippen LogP contribution in [0.15, 0.2) is 42.5 Å². The minimum absolute atomic E-state index is 0.00904. The summed E-state index contributed by atoms with van der Waals surface area (Å²) in [7, 11) is 1.50. The van der Waals surface area contributed by atoms with E-state index in [1.54, 1.807) is 35.2 Å². The molecule has 1 saturated heterocycles. The molecule has 5 rings (SSSR count). The number of ketones is 1. The number of fused-ring (bicyclic) bond motifs is 2. The second-order valence-electron chi connectivity index (χ2n) is 10.1. The van der Waals surface area contributed by atoms with E-state index >= 15 is 0 Å². The molecule has 0 bridgehead atoms. The number of urea groups is 1. The highest BCUT2D eigenvalue weighted by Gasteiger charge is 2.59. The number of benzene rings is 2. The van der Waals surface area contributed by atoms with Gasteiger partial charge in [-0.25, -0.2) is 9.18 Å². The molecule has 4 amide bonds. The van der Waals surface area contributed by atoms with Gasteiger partial charge in [0.25, 0.3) is 5.91 Å². The maximum absolute atomic E-state index is 13.6. The Labute approximate surface area is 220 Å². The number of halogens is 1. The monoisotopic (exact) mass is 522 g/mol. The molecule has 200 valence electrons. The van der Waals surface area contributed by atoms with E-state index in [-0.39, 0.29) is 43.2 Å². The highest BCUT2D eigenvalue weighted by atomic mass is 19.1. The molecule has 2 N–H and O–H groups in total. The lowest BCUT2D eigenvalue weighted by Gasteiger charge is -2.35. The molecule has 1 heterocycles. The summed E-state index contributed by atoms with van der Waals surface area (Å²) >= 11 is 0. The van der Waals surface area contributed by atoms with E-state index in [9.17, 15) is 23.6 Å². The van der Waals surface area contributed by atoms with Gasteiger partial charge in [-0.1, -0.05) is 37.5 Å². The maximum Gasteiger partial charge on any atom is 0.318 e. The second-order valence-corrected chi connectivity index (χ2v) is 10.1. The van der Waals surface area contributed by atoms with Crippen LogP contribution in [0.1, 0.15) is 48.8 Å². The van der Waals surface area contributed by atoms with Crippen LogP contribution in [-0.4, -0.2) is 59.8 Å². The van der Waals surface area contributed by atoms with E-state index in [0.717, 1.165) is 37.7 Å². The number of ether oxygens (including phenoxy) is 1. The lowest BCUT2D eigenvalue weighted by molar-refractivity contribution is -0.149. The molecule has 38 heavy (non-hydrogen) atoms. The van der Waals surface area contributed by atoms with E-state index < -0.39 is 17.5 Å². The molecule has 0 unspecified atom stereocenters. The van der Waals surface area contributed by atoms with Crippen LogP contribution in [0.2, 0.25) is 0 Å². The Morgan fingerprint density at radius 1 is 1.11 bits per heavy atom. The van der Waals surface area contributed by atoms with Crippen molar-refractivity contribution in [1.29, 1.82) is 0 Å². The van der Waals surface area contributed by atoms with Crippen LogP contribution in [-0.2, 0) is 37.7 Å². The van der Waals surface area contributed by atoms with Crippen molar-refractivity contribution in [3.05, 3.63) is 65.0 Å². The summed E-state index contributed by atoms with van der Waals surface area (Å²) in [6, 6.07) is 10.6. The minimum atomic E-state index is -1.77. The third-order valence-corrected chi connectivity index (χ3v) is 7.67. The highest BCUT2D eigenvalue weighted by Crippen LogP contribution is 2.43. The van der Waals surface area contributed by atoms with Gasteiger partial charge in [0, 0.05) is 37.3 Å². The summed E-state index contributed by atoms with van der Waals surface area (Å²) in [5.74, 6) is -1.51. The molecule has 1 spiro atoms. The van der Waals surface area contributed by atoms with Crippen LogP contribution >= 0.6 is 0 Å². The predicted octanol–water partition coefficient (Wildman–Crippen LogP) is 3.08. The lowest BCUT2D eigenvalue weighted by atomic mass is 9.93. The number of nitrogens with zero attached hydrogens (tertiary/aromatic N) is 2. The van der Waals surface area contributed by atoms with Crippen molar-refractivity contribution in [2.75, 3.05) is 25.6 Å². The normalized spacial score (nSPS) is 21.1. The van der Waals surface area contributed by atoms with E-state index in [1.165, 1.54) is 24.1 Å². The standard InChI is InChI=1S/C28H31FN4O5/c1-30-27(37)31-21-11-12-23-19(13-21)14-24(34)28(23)26(36)32(17-38-28)16-25(35)33(22-5-3-2-4-6-22)15-18-7-9-20(29)10-8-18/h7-13,22H,2-6,14-17H2,1H3,(H2,30,31,37)/t28-/m1/s1. The molecule has 2 aromatic carbocycles. The van der Waals surface area contributed by atoms with E-state index in [0.29, 0.717) is 23.4 Å². The fourth-order valence-electron chi connectivity index (χ4n) is 5.68. The number of anilines is 1. The Morgan fingerprint density at radius 2 is 1.84 bits per heavy atom. The summed E-state index contributed by atoms with van der Waals surface area (Å²) in [6.07, 6.45) is 4.91. The number of hydrogen-bond donors (Lipinski definition) is 2. The molecule has 3 aliphatic rings. The molecule has 2 aromatic rings. The van der Waals surface area contributed by atoms with Crippen molar-refractivity contribution in [2.45, 2.75) is 56.7 Å². The first-order valence-electron chi connectivity index (χ1n) is 12.9. The van der Waals surface area contributed by atoms with Gasteiger partial charge in [-0.15, -0.1) is 0 Å². The van der Waals surface area contributed by atoms with Crippen molar-refractivity contribution in [2.24, 2.45) is 0 Å². The van der Waals surface area contributed by atoms with E-state index in [2.05, 4.69) is 10.6 Å². The number of nitrogens with one attached hydrogen (secondary N) is 2. The van der Waals surface area contributed by atoms with Gasteiger partial charge in [0.2, 0.25) is 11.5 Å². The van der Waals surface area contributed by atoms with E-state index in [1.807, 2.05) is 0 Å². The Bertz CT molecular complexity index is 1260. The molecule has 0 radical (unpaired) electrons. The second kappa shape index (κ2) is 10.5. The van der Waals surface area contributed by atoms with Crippen LogP contribution in [0.5, 0.6) is 0 Å². The van der Waals surface area contributed by atoms with E-state index in [4.69, 9.17) is 4.74 Å². The van der Waals surface area contributed by atoms with Crippen LogP contribution in [0, 0.1) is 5.82 Å². The van der Waals surface area contributed by atoms with Crippen LogP contribution in [0.25, 0.3) is 0 Å². The zero-order chi connectivity index (χ0) is 26.9. The predicted molar refractivity (Wildman–Crippen MR) is 136 cm³/mol. The van der Waals surface area contributed by atoms with Crippen molar-refractivity contribution < 1.29 is 28.3 Å². The first-order valence-corrected chi connectivity index (χ1v) is 12.9. The summed E-state index contributed by atoms with van der Waals surface area (Å²) in [5, 5.41) is 5.12. The molecule has 0 aromatic heterocycles. The molecule has 9 nitrogen and oxygen atoms in total. The fraction of sp³-hybridized carbons (Fsp3) is 0.429. The zero-order valence-corrected chi connectivity index (χ0v) is 21.3. The average molecular weight is 523 g/mol. The number of Topliss-reactive ketones (excluding diaryl/α,β-unsaturated/α-hetero) is 1. The molecule has 1 aliphatic heterocycles. The lowest BCUT2D eigenvalue weighted by Crippen LogP contribution is -2.48. The smallest absolute Gasteiger partial charge is 0.318 e. The van der Waals surface area contributed by atoms with Crippen molar-refractivity contribution in [3.8, 4) is 0 Å². The first-order chi connectivity index (χ1) is 18.3. The van der Waals surface area contributed by atoms with Crippen molar-refractivity contribution in [1.82, 2.24) is 15.1 Å². The quantitative estimate of drug-likeness (QED) is 0.567. The summed E-state index contributed by atoms with van der Waals surface area (Å²) in [6.45, 7) is -0.0685. The Morgan fingerprint density at radius 3 is 2.55 bits per heavy atom. The van der Waals surface area contributed by atoms with Crippen LogP contribution < -0.4 is 10.6 Å². The number of rotatable bonds is 6. The Kier molecular flexibility index (Phi) is 7.16. The molecule has 1 atom stereocenters. The third kappa shape index (κ3) is 4.76. The van der Waals surface area contributed by atoms with Gasteiger partial charge in [-0.05, 0) is 48.2 Å². The fourth-order valence-corrected chi connectivity index (χ4v) is 5.68. The van der Waals surface area contributed by atoms with Crippen LogP contribution in [0.4, 0.5) is 14.9 Å². The molecule has 10 heteroatoms. The largest absolute Gasteiger partial charge is 0.341 e. The summed E-state index contributed by atoms with van der Waals surface area (Å²) in [4.78, 5) is 55.1. The average Bonchev–Trinajstić information content (AvgIpc) is 3.40. The number of amides is 4. The minimum Gasteiger partial charge on any atom is -0.341 e. The molecule has 2 aliphatic carbocycles. The van der Waals surface area contributed by atoms with Gasteiger partial charge in [0.15, 0.2) is 5.78 Å². The van der Waals surface area contributed by atoms with Gasteiger partial charge in [-0.3, -0.25) is 14.4 Å². The topological polar surface area (TPSA) is 108 Å². The van der Waals surface area contributed by atoms with Gasteiger partial charge in [0.05, 0.1) is 0 Å². The van der Waals surface area contributed by atoms with Gasteiger partial charge < -0.3 is 25.2 Å². The summed E-state index contributed by atoms with van der Waals surface area (Å²) in [5.41, 5.74) is 0.584. The summed E-state index contributed by atoms with van der Waals surface area (Å²) < 4.78 is 19.3. The molecule has 2 fully saturated rings. The number of carbonyl (C=O) groups excluding carboxylic acids is 4. The van der Waals surface area contributed by atoms with Gasteiger partial charge >= 0.3 is 6.03 Å². The maximum atomic E-state index is 13.6. The van der Waals surface area contributed by atoms with Crippen molar-refractivity contribution >= 4 is 29.3 Å². The van der Waals surface area contributed by atoms with Gasteiger partial charge in [0.1, 0.15) is 19.1 Å². The molecular formula is C28H31FN4O5. The first kappa shape index (κ1) is 25.8. The third-order valence-electron chi connectivity index (χ3n) is 7.67. The molecule has 1 saturated carbocycles. The zero-order valence-electron chi connectivity index (χ0n) is 21.3. The van der Waals surface area contributed by atoms with Crippen LogP contribution in [0.3, 0.4) is 0 Å². The Balaban J connectivity index is 1.34.